The fourth-order valence-electron chi connectivity index (χ4n) is 3.37. The average Bonchev–Trinajstić information content (AvgIpc) is 3.03. The predicted octanol–water partition coefficient (Wildman–Crippen LogP) is 4.07. The van der Waals surface area contributed by atoms with Gasteiger partial charge in [-0.2, -0.15) is 5.10 Å². The van der Waals surface area contributed by atoms with Crippen molar-refractivity contribution in [2.75, 3.05) is 13.7 Å². The zero-order valence-electron chi connectivity index (χ0n) is 17.6. The smallest absolute Gasteiger partial charge is 0.346 e. The molecule has 2 aromatic rings. The lowest BCUT2D eigenvalue weighted by Gasteiger charge is -2.24. The van der Waals surface area contributed by atoms with Crippen molar-refractivity contribution in [2.45, 2.75) is 38.6 Å². The number of rotatable bonds is 9. The maximum atomic E-state index is 13.1. The van der Waals surface area contributed by atoms with E-state index >= 15 is 0 Å². The number of hydrazone groups is 1. The van der Waals surface area contributed by atoms with Crippen molar-refractivity contribution in [3.63, 3.8) is 0 Å². The summed E-state index contributed by atoms with van der Waals surface area (Å²) in [5.41, 5.74) is 0.320. The molecule has 0 bridgehead atoms. The molecule has 0 aromatic heterocycles. The Hall–Kier alpha value is -3.35. The molecular formula is C23H27N3O4. The summed E-state index contributed by atoms with van der Waals surface area (Å²) in [5.74, 6) is 0.817. The van der Waals surface area contributed by atoms with Crippen molar-refractivity contribution < 1.29 is 19.1 Å². The highest BCUT2D eigenvalue weighted by Gasteiger charge is 2.51. The minimum Gasteiger partial charge on any atom is -0.493 e. The Morgan fingerprint density at radius 3 is 2.53 bits per heavy atom. The number of carbonyl (C=O) groups is 2. The zero-order valence-corrected chi connectivity index (χ0v) is 17.6. The number of amides is 3. The third-order valence-electron chi connectivity index (χ3n) is 5.13. The van der Waals surface area contributed by atoms with Gasteiger partial charge in [0.1, 0.15) is 5.54 Å². The van der Waals surface area contributed by atoms with Gasteiger partial charge in [-0.15, -0.1) is 5.01 Å². The topological polar surface area (TPSA) is 80.2 Å². The number of nitrogens with zero attached hydrogens (tertiary/aromatic N) is 2. The Kier molecular flexibility index (Phi) is 6.72. The van der Waals surface area contributed by atoms with Crippen LogP contribution in [0.3, 0.4) is 0 Å². The molecule has 1 atom stereocenters. The molecule has 1 aliphatic rings. The maximum Gasteiger partial charge on any atom is 0.346 e. The lowest BCUT2D eigenvalue weighted by atomic mass is 9.87. The molecule has 0 saturated carbocycles. The van der Waals surface area contributed by atoms with E-state index in [1.165, 1.54) is 6.21 Å². The molecule has 158 valence electrons. The molecule has 0 spiro atoms. The van der Waals surface area contributed by atoms with Gasteiger partial charge in [0.2, 0.25) is 0 Å². The highest BCUT2D eigenvalue weighted by molar-refractivity contribution is 6.07. The fourth-order valence-corrected chi connectivity index (χ4v) is 3.37. The van der Waals surface area contributed by atoms with Crippen molar-refractivity contribution in [3.8, 4) is 11.5 Å². The van der Waals surface area contributed by atoms with Gasteiger partial charge in [-0.3, -0.25) is 4.79 Å². The Labute approximate surface area is 176 Å². The first-order chi connectivity index (χ1) is 14.6. The molecule has 3 amide bonds. The van der Waals surface area contributed by atoms with Crippen LogP contribution in [-0.2, 0) is 10.3 Å². The molecule has 1 fully saturated rings. The van der Waals surface area contributed by atoms with Gasteiger partial charge in [0.05, 0.1) is 19.9 Å². The third kappa shape index (κ3) is 4.15. The summed E-state index contributed by atoms with van der Waals surface area (Å²) in [4.78, 5) is 25.6. The Balaban J connectivity index is 1.83. The first-order valence-corrected chi connectivity index (χ1v) is 10.1. The fraction of sp³-hybridized carbons (Fsp3) is 0.348. The summed E-state index contributed by atoms with van der Waals surface area (Å²) >= 11 is 0. The van der Waals surface area contributed by atoms with Crippen molar-refractivity contribution in [2.24, 2.45) is 5.10 Å². The van der Waals surface area contributed by atoms with Crippen molar-refractivity contribution >= 4 is 18.2 Å². The molecule has 0 unspecified atom stereocenters. The van der Waals surface area contributed by atoms with Gasteiger partial charge in [-0.1, -0.05) is 50.6 Å². The molecule has 3 rings (SSSR count). The van der Waals surface area contributed by atoms with Crippen LogP contribution in [0, 0.1) is 0 Å². The van der Waals surface area contributed by atoms with Crippen molar-refractivity contribution in [1.82, 2.24) is 10.3 Å². The summed E-state index contributed by atoms with van der Waals surface area (Å²) in [6.07, 6.45) is 3.85. The molecule has 1 heterocycles. The molecule has 0 aliphatic carbocycles. The van der Waals surface area contributed by atoms with Gasteiger partial charge in [-0.05, 0) is 42.2 Å². The Bertz CT molecular complexity index is 929. The molecule has 1 N–H and O–H groups in total. The standard InChI is InChI=1S/C23H27N3O4/c1-4-6-14-30-20-15-17(12-13-19(20)29-3)16-24-26-21(27)23(5-2,25-22(26)28)18-10-8-7-9-11-18/h7-13,15-16H,4-6,14H2,1-3H3,(H,25,28)/b24-16-/t23-/m0/s1. The zero-order chi connectivity index (χ0) is 21.6. The number of methoxy groups -OCH3 is 1. The van der Waals surface area contributed by atoms with E-state index in [2.05, 4.69) is 17.3 Å². The Morgan fingerprint density at radius 2 is 1.87 bits per heavy atom. The van der Waals surface area contributed by atoms with Crippen LogP contribution in [0.2, 0.25) is 0 Å². The van der Waals surface area contributed by atoms with Gasteiger partial charge in [-0.25, -0.2) is 4.79 Å². The molecule has 30 heavy (non-hydrogen) atoms. The van der Waals surface area contributed by atoms with E-state index in [1.54, 1.807) is 25.3 Å². The second-order valence-electron chi connectivity index (χ2n) is 7.03. The lowest BCUT2D eigenvalue weighted by molar-refractivity contribution is -0.131. The molecule has 2 aromatic carbocycles. The highest BCUT2D eigenvalue weighted by atomic mass is 16.5. The van der Waals surface area contributed by atoms with E-state index in [9.17, 15) is 9.59 Å². The summed E-state index contributed by atoms with van der Waals surface area (Å²) < 4.78 is 11.1. The lowest BCUT2D eigenvalue weighted by Crippen LogP contribution is -2.43. The number of carbonyl (C=O) groups excluding carboxylic acids is 2. The second-order valence-corrected chi connectivity index (χ2v) is 7.03. The molecular weight excluding hydrogens is 382 g/mol. The number of imide groups is 1. The van der Waals surface area contributed by atoms with E-state index in [0.717, 1.165) is 23.4 Å². The number of hydrogen-bond acceptors (Lipinski definition) is 5. The van der Waals surface area contributed by atoms with Crippen LogP contribution >= 0.6 is 0 Å². The number of ether oxygens (including phenoxy) is 2. The van der Waals surface area contributed by atoms with Crippen LogP contribution in [0.1, 0.15) is 44.2 Å². The molecule has 0 radical (unpaired) electrons. The molecule has 7 heteroatoms. The summed E-state index contributed by atoms with van der Waals surface area (Å²) in [7, 11) is 1.58. The van der Waals surface area contributed by atoms with Crippen LogP contribution in [0.5, 0.6) is 11.5 Å². The number of hydrogen-bond donors (Lipinski definition) is 1. The van der Waals surface area contributed by atoms with E-state index in [1.807, 2.05) is 37.3 Å². The number of unbranched alkanes of at least 4 members (excludes halogenated alkanes) is 1. The summed E-state index contributed by atoms with van der Waals surface area (Å²) in [6.45, 7) is 4.53. The molecule has 1 aliphatic heterocycles. The van der Waals surface area contributed by atoms with Crippen LogP contribution in [0.15, 0.2) is 53.6 Å². The van der Waals surface area contributed by atoms with Gasteiger partial charge in [0.15, 0.2) is 11.5 Å². The number of benzene rings is 2. The van der Waals surface area contributed by atoms with Gasteiger partial charge >= 0.3 is 6.03 Å². The summed E-state index contributed by atoms with van der Waals surface area (Å²) in [5, 5.41) is 7.87. The van der Waals surface area contributed by atoms with Crippen LogP contribution in [-0.4, -0.2) is 36.9 Å². The first-order valence-electron chi connectivity index (χ1n) is 10.1. The van der Waals surface area contributed by atoms with Crippen molar-refractivity contribution in [1.29, 1.82) is 0 Å². The van der Waals surface area contributed by atoms with E-state index in [-0.39, 0.29) is 0 Å². The maximum absolute atomic E-state index is 13.1. The first kappa shape index (κ1) is 21.4. The molecule has 7 nitrogen and oxygen atoms in total. The molecule has 1 saturated heterocycles. The second kappa shape index (κ2) is 9.43. The largest absolute Gasteiger partial charge is 0.493 e. The normalized spacial score (nSPS) is 18.7. The minimum atomic E-state index is -1.11. The number of urea groups is 1. The SMILES string of the molecule is CCCCOc1cc(/C=N\N2C(=O)N[C@@](CC)(c3ccccc3)C2=O)ccc1OC. The van der Waals surface area contributed by atoms with Crippen LogP contribution < -0.4 is 14.8 Å². The minimum absolute atomic E-state index is 0.398. The predicted molar refractivity (Wildman–Crippen MR) is 115 cm³/mol. The average molecular weight is 409 g/mol. The Morgan fingerprint density at radius 1 is 1.10 bits per heavy atom. The summed E-state index contributed by atoms with van der Waals surface area (Å²) in [6, 6.07) is 14.0. The van der Waals surface area contributed by atoms with E-state index in [0.29, 0.717) is 30.1 Å². The number of nitrogens with one attached hydrogen (secondary N) is 1. The van der Waals surface area contributed by atoms with E-state index in [4.69, 9.17) is 9.47 Å². The highest BCUT2D eigenvalue weighted by Crippen LogP contribution is 2.32. The van der Waals surface area contributed by atoms with Crippen LogP contribution in [0.25, 0.3) is 0 Å². The third-order valence-corrected chi connectivity index (χ3v) is 5.13. The van der Waals surface area contributed by atoms with E-state index < -0.39 is 17.5 Å². The van der Waals surface area contributed by atoms with Gasteiger partial charge in [0.25, 0.3) is 5.91 Å². The van der Waals surface area contributed by atoms with Gasteiger partial charge in [0, 0.05) is 0 Å². The van der Waals surface area contributed by atoms with Gasteiger partial charge < -0.3 is 14.8 Å². The monoisotopic (exact) mass is 409 g/mol. The van der Waals surface area contributed by atoms with Crippen LogP contribution in [0.4, 0.5) is 4.79 Å². The quantitative estimate of drug-likeness (QED) is 0.385. The van der Waals surface area contributed by atoms with Crippen molar-refractivity contribution in [3.05, 3.63) is 59.7 Å².